The maximum Gasteiger partial charge on any atom is 0.224 e. The van der Waals surface area contributed by atoms with E-state index in [0.717, 1.165) is 16.5 Å². The van der Waals surface area contributed by atoms with Gasteiger partial charge in [-0.15, -0.1) is 0 Å². The Balaban J connectivity index is 1.71. The highest BCUT2D eigenvalue weighted by atomic mass is 16.5. The zero-order valence-corrected chi connectivity index (χ0v) is 16.3. The predicted molar refractivity (Wildman–Crippen MR) is 104 cm³/mol. The molecule has 2 aromatic carbocycles. The molecule has 148 valence electrons. The highest BCUT2D eigenvalue weighted by molar-refractivity contribution is 5.88. The molecule has 0 aliphatic rings. The molecule has 0 bridgehead atoms. The number of amides is 1. The third kappa shape index (κ3) is 3.98. The summed E-state index contributed by atoms with van der Waals surface area (Å²) >= 11 is 0. The van der Waals surface area contributed by atoms with E-state index in [9.17, 15) is 4.79 Å². The van der Waals surface area contributed by atoms with Gasteiger partial charge in [0, 0.05) is 35.2 Å². The molecular weight excluding hydrogens is 362 g/mol. The van der Waals surface area contributed by atoms with Crippen molar-refractivity contribution in [2.24, 2.45) is 0 Å². The lowest BCUT2D eigenvalue weighted by atomic mass is 10.1. The van der Waals surface area contributed by atoms with Gasteiger partial charge in [0.05, 0.1) is 41.1 Å². The lowest BCUT2D eigenvalue weighted by Gasteiger charge is -2.14. The standard InChI is InChI=1S/C21H23NO6/c1-24-15-5-6-16-14(12-28-18(16)9-15)8-21(23)22-11-13-7-19(26-3)20(27-4)10-17(13)25-2/h5-7,9-10,12H,8,11H2,1-4H3,(H,22,23). The molecular formula is C21H23NO6. The van der Waals surface area contributed by atoms with E-state index in [1.54, 1.807) is 52.9 Å². The molecule has 0 fully saturated rings. The van der Waals surface area contributed by atoms with Gasteiger partial charge in [-0.1, -0.05) is 0 Å². The van der Waals surface area contributed by atoms with Gasteiger partial charge in [0.25, 0.3) is 0 Å². The minimum absolute atomic E-state index is 0.129. The van der Waals surface area contributed by atoms with Crippen LogP contribution in [-0.2, 0) is 17.8 Å². The van der Waals surface area contributed by atoms with E-state index in [2.05, 4.69) is 5.32 Å². The first kappa shape index (κ1) is 19.4. The van der Waals surface area contributed by atoms with Crippen molar-refractivity contribution in [3.63, 3.8) is 0 Å². The van der Waals surface area contributed by atoms with E-state index in [4.69, 9.17) is 23.4 Å². The van der Waals surface area contributed by atoms with Crippen LogP contribution in [0.1, 0.15) is 11.1 Å². The molecule has 1 heterocycles. The largest absolute Gasteiger partial charge is 0.497 e. The molecule has 7 nitrogen and oxygen atoms in total. The fourth-order valence-corrected chi connectivity index (χ4v) is 2.99. The summed E-state index contributed by atoms with van der Waals surface area (Å²) in [5.41, 5.74) is 2.29. The summed E-state index contributed by atoms with van der Waals surface area (Å²) < 4.78 is 26.7. The van der Waals surface area contributed by atoms with Crippen molar-refractivity contribution in [1.82, 2.24) is 5.32 Å². The van der Waals surface area contributed by atoms with Crippen LogP contribution in [0.4, 0.5) is 0 Å². The number of benzene rings is 2. The molecule has 0 aliphatic heterocycles. The van der Waals surface area contributed by atoms with Crippen LogP contribution in [0.3, 0.4) is 0 Å². The molecule has 1 aromatic heterocycles. The molecule has 7 heteroatoms. The van der Waals surface area contributed by atoms with Crippen LogP contribution in [0, 0.1) is 0 Å². The summed E-state index contributed by atoms with van der Waals surface area (Å²) in [6.45, 7) is 0.298. The van der Waals surface area contributed by atoms with Gasteiger partial charge in [-0.25, -0.2) is 0 Å². The Hall–Kier alpha value is -3.35. The second kappa shape index (κ2) is 8.56. The molecule has 0 atom stereocenters. The number of methoxy groups -OCH3 is 4. The molecule has 0 saturated carbocycles. The van der Waals surface area contributed by atoms with Crippen molar-refractivity contribution < 1.29 is 28.2 Å². The molecule has 0 spiro atoms. The third-order valence-corrected chi connectivity index (χ3v) is 4.48. The molecule has 3 rings (SSSR count). The smallest absolute Gasteiger partial charge is 0.224 e. The summed E-state index contributed by atoms with van der Waals surface area (Å²) in [5.74, 6) is 2.32. The monoisotopic (exact) mass is 385 g/mol. The van der Waals surface area contributed by atoms with Crippen molar-refractivity contribution in [1.29, 1.82) is 0 Å². The zero-order chi connectivity index (χ0) is 20.1. The fraction of sp³-hybridized carbons (Fsp3) is 0.286. The summed E-state index contributed by atoms with van der Waals surface area (Å²) in [6.07, 6.45) is 1.80. The number of hydrogen-bond donors (Lipinski definition) is 1. The van der Waals surface area contributed by atoms with Crippen molar-refractivity contribution in [2.45, 2.75) is 13.0 Å². The van der Waals surface area contributed by atoms with Crippen LogP contribution < -0.4 is 24.3 Å². The number of furan rings is 1. The van der Waals surface area contributed by atoms with E-state index in [-0.39, 0.29) is 12.3 Å². The van der Waals surface area contributed by atoms with Gasteiger partial charge in [-0.3, -0.25) is 4.79 Å². The Morgan fingerprint density at radius 2 is 1.61 bits per heavy atom. The van der Waals surface area contributed by atoms with Crippen molar-refractivity contribution in [2.75, 3.05) is 28.4 Å². The SMILES string of the molecule is COc1ccc2c(CC(=O)NCc3cc(OC)c(OC)cc3OC)coc2c1. The Labute approximate surface area is 163 Å². The zero-order valence-electron chi connectivity index (χ0n) is 16.3. The first-order chi connectivity index (χ1) is 13.6. The number of carbonyl (C=O) groups is 1. The van der Waals surface area contributed by atoms with Gasteiger partial charge in [0.2, 0.25) is 5.91 Å². The van der Waals surface area contributed by atoms with Crippen LogP contribution in [0.25, 0.3) is 11.0 Å². The normalized spacial score (nSPS) is 10.6. The van der Waals surface area contributed by atoms with Crippen LogP contribution in [0.2, 0.25) is 0 Å². The average Bonchev–Trinajstić information content (AvgIpc) is 3.13. The highest BCUT2D eigenvalue weighted by Gasteiger charge is 2.14. The Morgan fingerprint density at radius 3 is 2.29 bits per heavy atom. The minimum atomic E-state index is -0.129. The maximum absolute atomic E-state index is 12.5. The number of rotatable bonds is 8. The van der Waals surface area contributed by atoms with Gasteiger partial charge in [0.15, 0.2) is 11.5 Å². The average molecular weight is 385 g/mol. The summed E-state index contributed by atoms with van der Waals surface area (Å²) in [4.78, 5) is 12.5. The number of fused-ring (bicyclic) bond motifs is 1. The number of ether oxygens (including phenoxy) is 4. The second-order valence-electron chi connectivity index (χ2n) is 6.10. The lowest BCUT2D eigenvalue weighted by molar-refractivity contribution is -0.120. The molecule has 0 saturated heterocycles. The van der Waals surface area contributed by atoms with Gasteiger partial charge in [-0.2, -0.15) is 0 Å². The molecule has 1 amide bonds. The maximum atomic E-state index is 12.5. The van der Waals surface area contributed by atoms with E-state index in [1.807, 2.05) is 12.1 Å². The predicted octanol–water partition coefficient (Wildman–Crippen LogP) is 3.33. The quantitative estimate of drug-likeness (QED) is 0.641. The molecule has 28 heavy (non-hydrogen) atoms. The Bertz CT molecular complexity index is 978. The highest BCUT2D eigenvalue weighted by Crippen LogP contribution is 2.34. The van der Waals surface area contributed by atoms with Gasteiger partial charge in [-0.05, 0) is 18.2 Å². The van der Waals surface area contributed by atoms with E-state index >= 15 is 0 Å². The molecule has 3 aromatic rings. The minimum Gasteiger partial charge on any atom is -0.497 e. The summed E-state index contributed by atoms with van der Waals surface area (Å²) in [7, 11) is 6.29. The van der Waals surface area contributed by atoms with Crippen LogP contribution in [0.15, 0.2) is 41.0 Å². The van der Waals surface area contributed by atoms with Crippen molar-refractivity contribution in [3.8, 4) is 23.0 Å². The van der Waals surface area contributed by atoms with E-state index < -0.39 is 0 Å². The topological polar surface area (TPSA) is 79.2 Å². The molecule has 1 N–H and O–H groups in total. The van der Waals surface area contributed by atoms with Crippen LogP contribution in [0.5, 0.6) is 23.0 Å². The Kier molecular flexibility index (Phi) is 5.93. The molecule has 0 aliphatic carbocycles. The lowest BCUT2D eigenvalue weighted by Crippen LogP contribution is -2.24. The summed E-state index contributed by atoms with van der Waals surface area (Å²) in [6, 6.07) is 9.05. The van der Waals surface area contributed by atoms with Crippen LogP contribution >= 0.6 is 0 Å². The number of nitrogens with one attached hydrogen (secondary N) is 1. The molecule has 0 radical (unpaired) electrons. The number of carbonyl (C=O) groups excluding carboxylic acids is 1. The van der Waals surface area contributed by atoms with Gasteiger partial charge in [0.1, 0.15) is 17.1 Å². The second-order valence-corrected chi connectivity index (χ2v) is 6.10. The van der Waals surface area contributed by atoms with Crippen molar-refractivity contribution in [3.05, 3.63) is 47.7 Å². The first-order valence-electron chi connectivity index (χ1n) is 8.69. The van der Waals surface area contributed by atoms with Crippen LogP contribution in [-0.4, -0.2) is 34.3 Å². The molecule has 0 unspecified atom stereocenters. The first-order valence-corrected chi connectivity index (χ1v) is 8.69. The van der Waals surface area contributed by atoms with Crippen molar-refractivity contribution >= 4 is 16.9 Å². The van der Waals surface area contributed by atoms with E-state index in [1.165, 1.54) is 0 Å². The summed E-state index contributed by atoms with van der Waals surface area (Å²) in [5, 5.41) is 3.79. The number of hydrogen-bond acceptors (Lipinski definition) is 6. The van der Waals surface area contributed by atoms with Gasteiger partial charge < -0.3 is 28.7 Å². The van der Waals surface area contributed by atoms with E-state index in [0.29, 0.717) is 35.1 Å². The van der Waals surface area contributed by atoms with Gasteiger partial charge >= 0.3 is 0 Å². The third-order valence-electron chi connectivity index (χ3n) is 4.48. The fourth-order valence-electron chi connectivity index (χ4n) is 2.99. The Morgan fingerprint density at radius 1 is 0.893 bits per heavy atom.